The Labute approximate surface area is 129 Å². The Bertz CT molecular complexity index is 743. The number of sulfonamides is 1. The van der Waals surface area contributed by atoms with Gasteiger partial charge in [0.1, 0.15) is 0 Å². The third kappa shape index (κ3) is 3.25. The fourth-order valence-electron chi connectivity index (χ4n) is 2.33. The lowest BCUT2D eigenvalue weighted by Gasteiger charge is -2.19. The molecule has 0 saturated carbocycles. The van der Waals surface area contributed by atoms with E-state index in [4.69, 9.17) is 5.73 Å². The number of aromatic nitrogens is 1. The molecule has 0 fully saturated rings. The van der Waals surface area contributed by atoms with E-state index in [0.29, 0.717) is 28.3 Å². The number of thiazole rings is 1. The number of nitrogen functional groups attached to an aromatic ring is 1. The Morgan fingerprint density at radius 1 is 1.24 bits per heavy atom. The second kappa shape index (κ2) is 5.75. The number of nitrogens with two attached hydrogens (primary N) is 1. The van der Waals surface area contributed by atoms with Crippen LogP contribution in [0.4, 0.5) is 5.69 Å². The monoisotopic (exact) mass is 325 g/mol. The van der Waals surface area contributed by atoms with Gasteiger partial charge in [0, 0.05) is 30.4 Å². The molecule has 2 aromatic rings. The van der Waals surface area contributed by atoms with Gasteiger partial charge in [-0.2, -0.15) is 4.31 Å². The molecule has 1 heterocycles. The van der Waals surface area contributed by atoms with Crippen LogP contribution >= 0.6 is 11.3 Å². The first-order valence-electron chi connectivity index (χ1n) is 6.46. The van der Waals surface area contributed by atoms with Crippen LogP contribution in [0.5, 0.6) is 0 Å². The molecule has 114 valence electrons. The van der Waals surface area contributed by atoms with Gasteiger partial charge in [-0.3, -0.25) is 0 Å². The van der Waals surface area contributed by atoms with Crippen LogP contribution in [-0.2, 0) is 16.6 Å². The van der Waals surface area contributed by atoms with E-state index in [-0.39, 0.29) is 0 Å². The SMILES string of the molecule is Cc1ncc(CN(C)S(=O)(=O)c2c(C)cc(N)cc2C)s1. The quantitative estimate of drug-likeness (QED) is 0.876. The van der Waals surface area contributed by atoms with Crippen LogP contribution in [0.2, 0.25) is 0 Å². The van der Waals surface area contributed by atoms with E-state index in [2.05, 4.69) is 4.98 Å². The maximum Gasteiger partial charge on any atom is 0.243 e. The summed E-state index contributed by atoms with van der Waals surface area (Å²) >= 11 is 1.50. The molecule has 0 radical (unpaired) electrons. The molecule has 2 N–H and O–H groups in total. The fourth-order valence-corrected chi connectivity index (χ4v) is 4.81. The molecule has 5 nitrogen and oxygen atoms in total. The number of benzene rings is 1. The fraction of sp³-hybridized carbons (Fsp3) is 0.357. The predicted molar refractivity (Wildman–Crippen MR) is 85.8 cm³/mol. The molecule has 0 aliphatic rings. The summed E-state index contributed by atoms with van der Waals surface area (Å²) in [5, 5.41) is 0.927. The Kier molecular flexibility index (Phi) is 4.36. The molecular formula is C14H19N3O2S2. The van der Waals surface area contributed by atoms with Crippen molar-refractivity contribution in [1.82, 2.24) is 9.29 Å². The van der Waals surface area contributed by atoms with Crippen molar-refractivity contribution in [3.05, 3.63) is 39.3 Å². The molecule has 1 aromatic carbocycles. The van der Waals surface area contributed by atoms with Gasteiger partial charge < -0.3 is 5.73 Å². The molecule has 7 heteroatoms. The molecule has 0 atom stereocenters. The van der Waals surface area contributed by atoms with E-state index in [1.165, 1.54) is 15.6 Å². The second-order valence-corrected chi connectivity index (χ2v) is 8.39. The van der Waals surface area contributed by atoms with Crippen LogP contribution in [0, 0.1) is 20.8 Å². The molecule has 2 rings (SSSR count). The maximum absolute atomic E-state index is 12.8. The van der Waals surface area contributed by atoms with Crippen molar-refractivity contribution in [3.8, 4) is 0 Å². The van der Waals surface area contributed by atoms with Crippen molar-refractivity contribution in [1.29, 1.82) is 0 Å². The molecule has 0 saturated heterocycles. The van der Waals surface area contributed by atoms with Gasteiger partial charge in [-0.15, -0.1) is 11.3 Å². The minimum atomic E-state index is -3.55. The summed E-state index contributed by atoms with van der Waals surface area (Å²) in [5.74, 6) is 0. The minimum Gasteiger partial charge on any atom is -0.399 e. The first-order chi connectivity index (χ1) is 9.71. The number of rotatable bonds is 4. The van der Waals surface area contributed by atoms with Gasteiger partial charge in [0.15, 0.2) is 0 Å². The van der Waals surface area contributed by atoms with Gasteiger partial charge >= 0.3 is 0 Å². The predicted octanol–water partition coefficient (Wildman–Crippen LogP) is 2.47. The molecule has 0 unspecified atom stereocenters. The summed E-state index contributed by atoms with van der Waals surface area (Å²) in [6, 6.07) is 3.37. The van der Waals surface area contributed by atoms with E-state index in [1.54, 1.807) is 39.2 Å². The Morgan fingerprint density at radius 3 is 2.29 bits per heavy atom. The van der Waals surface area contributed by atoms with Crippen molar-refractivity contribution in [3.63, 3.8) is 0 Å². The topological polar surface area (TPSA) is 76.3 Å². The maximum atomic E-state index is 12.8. The van der Waals surface area contributed by atoms with Crippen LogP contribution in [0.1, 0.15) is 21.0 Å². The standard InChI is InChI=1S/C14H19N3O2S2/c1-9-5-12(15)6-10(2)14(9)21(18,19)17(4)8-13-7-16-11(3)20-13/h5-7H,8,15H2,1-4H3. The number of hydrogen-bond acceptors (Lipinski definition) is 5. The average molecular weight is 325 g/mol. The van der Waals surface area contributed by atoms with Gasteiger partial charge in [0.2, 0.25) is 10.0 Å². The molecule has 0 aliphatic heterocycles. The Balaban J connectivity index is 2.38. The molecule has 1 aromatic heterocycles. The molecular weight excluding hydrogens is 306 g/mol. The summed E-state index contributed by atoms with van der Waals surface area (Å²) in [7, 11) is -1.97. The lowest BCUT2D eigenvalue weighted by Crippen LogP contribution is -2.27. The smallest absolute Gasteiger partial charge is 0.243 e. The third-order valence-corrected chi connectivity index (χ3v) is 6.21. The summed E-state index contributed by atoms with van der Waals surface area (Å²) < 4.78 is 26.9. The van der Waals surface area contributed by atoms with Crippen LogP contribution in [0.25, 0.3) is 0 Å². The lowest BCUT2D eigenvalue weighted by atomic mass is 10.1. The Morgan fingerprint density at radius 2 is 1.81 bits per heavy atom. The lowest BCUT2D eigenvalue weighted by molar-refractivity contribution is 0.468. The van der Waals surface area contributed by atoms with E-state index in [0.717, 1.165) is 9.88 Å². The van der Waals surface area contributed by atoms with E-state index < -0.39 is 10.0 Å². The molecule has 0 spiro atoms. The third-order valence-electron chi connectivity index (χ3n) is 3.20. The summed E-state index contributed by atoms with van der Waals surface area (Å²) in [5.41, 5.74) is 7.67. The van der Waals surface area contributed by atoms with Crippen molar-refractivity contribution >= 4 is 27.0 Å². The van der Waals surface area contributed by atoms with E-state index in [1.807, 2.05) is 6.92 Å². The largest absolute Gasteiger partial charge is 0.399 e. The summed E-state index contributed by atoms with van der Waals surface area (Å²) in [6.07, 6.45) is 1.72. The van der Waals surface area contributed by atoms with Gasteiger partial charge in [0.05, 0.1) is 9.90 Å². The van der Waals surface area contributed by atoms with Crippen molar-refractivity contribution in [2.24, 2.45) is 0 Å². The molecule has 0 aliphatic carbocycles. The highest BCUT2D eigenvalue weighted by Crippen LogP contribution is 2.27. The van der Waals surface area contributed by atoms with Crippen LogP contribution < -0.4 is 5.73 Å². The number of anilines is 1. The first kappa shape index (κ1) is 15.9. The molecule has 21 heavy (non-hydrogen) atoms. The van der Waals surface area contributed by atoms with Gasteiger partial charge in [0.25, 0.3) is 0 Å². The molecule has 0 amide bonds. The van der Waals surface area contributed by atoms with E-state index in [9.17, 15) is 8.42 Å². The zero-order chi connectivity index (χ0) is 15.8. The van der Waals surface area contributed by atoms with Gasteiger partial charge in [-0.05, 0) is 44.0 Å². The average Bonchev–Trinajstić information content (AvgIpc) is 2.72. The number of aryl methyl sites for hydroxylation is 3. The van der Waals surface area contributed by atoms with Gasteiger partial charge in [-0.1, -0.05) is 0 Å². The minimum absolute atomic E-state index is 0.317. The van der Waals surface area contributed by atoms with Crippen LogP contribution in [0.3, 0.4) is 0 Å². The Hall–Kier alpha value is -1.44. The second-order valence-electron chi connectivity index (χ2n) is 5.09. The number of nitrogens with zero attached hydrogens (tertiary/aromatic N) is 2. The van der Waals surface area contributed by atoms with Crippen LogP contribution in [0.15, 0.2) is 23.2 Å². The summed E-state index contributed by atoms with van der Waals surface area (Å²) in [4.78, 5) is 5.41. The highest BCUT2D eigenvalue weighted by atomic mass is 32.2. The van der Waals surface area contributed by atoms with Crippen molar-refractivity contribution in [2.45, 2.75) is 32.2 Å². The zero-order valence-corrected chi connectivity index (χ0v) is 14.2. The highest BCUT2D eigenvalue weighted by molar-refractivity contribution is 7.89. The van der Waals surface area contributed by atoms with Gasteiger partial charge in [-0.25, -0.2) is 13.4 Å². The zero-order valence-electron chi connectivity index (χ0n) is 12.5. The van der Waals surface area contributed by atoms with E-state index >= 15 is 0 Å². The number of hydrogen-bond donors (Lipinski definition) is 1. The summed E-state index contributed by atoms with van der Waals surface area (Å²) in [6.45, 7) is 5.75. The van der Waals surface area contributed by atoms with Crippen LogP contribution in [-0.4, -0.2) is 24.8 Å². The molecule has 0 bridgehead atoms. The first-order valence-corrected chi connectivity index (χ1v) is 8.72. The normalized spacial score (nSPS) is 12.0. The van der Waals surface area contributed by atoms with Crippen molar-refractivity contribution in [2.75, 3.05) is 12.8 Å². The van der Waals surface area contributed by atoms with Crippen molar-refractivity contribution < 1.29 is 8.42 Å². The highest BCUT2D eigenvalue weighted by Gasteiger charge is 2.25.